The topological polar surface area (TPSA) is 34.1 Å². The molecule has 11 heavy (non-hydrogen) atoms. The fourth-order valence-electron chi connectivity index (χ4n) is 1.32. The minimum absolute atomic E-state index is 0.0670. The zero-order valence-electron chi connectivity index (χ0n) is 6.51. The van der Waals surface area contributed by atoms with E-state index in [4.69, 9.17) is 0 Å². The van der Waals surface area contributed by atoms with Gasteiger partial charge in [-0.1, -0.05) is 6.08 Å². The van der Waals surface area contributed by atoms with E-state index < -0.39 is 0 Å². The summed E-state index contributed by atoms with van der Waals surface area (Å²) in [6.07, 6.45) is 3.77. The molecular weight excluding hydrogens is 140 g/mol. The van der Waals surface area contributed by atoms with Crippen molar-refractivity contribution in [1.82, 2.24) is 0 Å². The lowest BCUT2D eigenvalue weighted by molar-refractivity contribution is -0.126. The fraction of sp³-hybridized carbons (Fsp3) is 0.556. The molecule has 1 atom stereocenters. The largest absolute Gasteiger partial charge is 0.299 e. The second kappa shape index (κ2) is 3.46. The highest BCUT2D eigenvalue weighted by molar-refractivity contribution is 5.99. The Balaban J connectivity index is 2.59. The van der Waals surface area contributed by atoms with E-state index in [9.17, 15) is 9.59 Å². The first kappa shape index (κ1) is 8.18. The van der Waals surface area contributed by atoms with Crippen LogP contribution in [0.1, 0.15) is 25.7 Å². The monoisotopic (exact) mass is 152 g/mol. The van der Waals surface area contributed by atoms with Gasteiger partial charge < -0.3 is 0 Å². The summed E-state index contributed by atoms with van der Waals surface area (Å²) in [5, 5.41) is 0. The van der Waals surface area contributed by atoms with Gasteiger partial charge in [-0.25, -0.2) is 0 Å². The maximum atomic E-state index is 11.0. The SMILES string of the molecule is C=CC1CCC(=O)CC(=O)C1. The smallest absolute Gasteiger partial charge is 0.140 e. The van der Waals surface area contributed by atoms with E-state index in [1.807, 2.05) is 0 Å². The molecule has 60 valence electrons. The molecule has 0 saturated heterocycles. The molecule has 0 amide bonds. The number of Topliss-reactive ketones (excluding diaryl/α,β-unsaturated/α-hetero) is 2. The Morgan fingerprint density at radius 1 is 1.36 bits per heavy atom. The first-order valence-corrected chi connectivity index (χ1v) is 3.88. The minimum Gasteiger partial charge on any atom is -0.299 e. The molecule has 1 saturated carbocycles. The van der Waals surface area contributed by atoms with Crippen molar-refractivity contribution in [2.24, 2.45) is 5.92 Å². The zero-order valence-corrected chi connectivity index (χ0v) is 6.51. The summed E-state index contributed by atoms with van der Waals surface area (Å²) in [7, 11) is 0. The van der Waals surface area contributed by atoms with Crippen molar-refractivity contribution >= 4 is 11.6 Å². The van der Waals surface area contributed by atoms with Crippen LogP contribution in [0.25, 0.3) is 0 Å². The molecule has 2 heteroatoms. The third-order valence-electron chi connectivity index (χ3n) is 2.01. The molecule has 0 aromatic carbocycles. The highest BCUT2D eigenvalue weighted by atomic mass is 16.1. The highest BCUT2D eigenvalue weighted by Crippen LogP contribution is 2.18. The molecule has 0 heterocycles. The van der Waals surface area contributed by atoms with Crippen LogP contribution in [0.2, 0.25) is 0 Å². The summed E-state index contributed by atoms with van der Waals surface area (Å²) in [6, 6.07) is 0. The van der Waals surface area contributed by atoms with Gasteiger partial charge in [-0.05, 0) is 12.3 Å². The molecule has 1 aliphatic rings. The van der Waals surface area contributed by atoms with Gasteiger partial charge in [0.25, 0.3) is 0 Å². The number of rotatable bonds is 1. The van der Waals surface area contributed by atoms with E-state index in [1.165, 1.54) is 0 Å². The number of carbonyl (C=O) groups is 2. The minimum atomic E-state index is 0.0670. The fourth-order valence-corrected chi connectivity index (χ4v) is 1.32. The van der Waals surface area contributed by atoms with Crippen LogP contribution in [0, 0.1) is 5.92 Å². The van der Waals surface area contributed by atoms with E-state index in [1.54, 1.807) is 6.08 Å². The predicted molar refractivity (Wildman–Crippen MR) is 42.2 cm³/mol. The first-order chi connectivity index (χ1) is 5.22. The Hall–Kier alpha value is -0.920. The van der Waals surface area contributed by atoms with Crippen molar-refractivity contribution in [2.45, 2.75) is 25.7 Å². The Morgan fingerprint density at radius 2 is 2.09 bits per heavy atom. The van der Waals surface area contributed by atoms with Gasteiger partial charge in [0.05, 0.1) is 6.42 Å². The lowest BCUT2D eigenvalue weighted by Crippen LogP contribution is -2.03. The van der Waals surface area contributed by atoms with Crippen LogP contribution in [0.15, 0.2) is 12.7 Å². The van der Waals surface area contributed by atoms with Gasteiger partial charge in [-0.2, -0.15) is 0 Å². The van der Waals surface area contributed by atoms with Crippen molar-refractivity contribution < 1.29 is 9.59 Å². The van der Waals surface area contributed by atoms with E-state index in [2.05, 4.69) is 6.58 Å². The number of carbonyl (C=O) groups excluding carboxylic acids is 2. The van der Waals surface area contributed by atoms with E-state index in [-0.39, 0.29) is 23.9 Å². The second-order valence-electron chi connectivity index (χ2n) is 2.99. The molecule has 0 aromatic heterocycles. The average molecular weight is 152 g/mol. The van der Waals surface area contributed by atoms with Gasteiger partial charge in [-0.15, -0.1) is 6.58 Å². The van der Waals surface area contributed by atoms with Crippen LogP contribution < -0.4 is 0 Å². The third-order valence-corrected chi connectivity index (χ3v) is 2.01. The van der Waals surface area contributed by atoms with Gasteiger partial charge in [0, 0.05) is 12.8 Å². The van der Waals surface area contributed by atoms with Crippen LogP contribution in [0.5, 0.6) is 0 Å². The number of allylic oxidation sites excluding steroid dienone is 1. The summed E-state index contributed by atoms with van der Waals surface area (Å²) in [4.78, 5) is 21.9. The molecule has 0 spiro atoms. The Bertz CT molecular complexity index is 194. The normalized spacial score (nSPS) is 26.4. The molecule has 2 nitrogen and oxygen atoms in total. The van der Waals surface area contributed by atoms with Gasteiger partial charge in [0.15, 0.2) is 0 Å². The molecule has 0 radical (unpaired) electrons. The molecule has 0 N–H and O–H groups in total. The number of ketones is 2. The molecule has 1 unspecified atom stereocenters. The summed E-state index contributed by atoms with van der Waals surface area (Å²) in [5.74, 6) is 0.380. The number of hydrogen-bond donors (Lipinski definition) is 0. The summed E-state index contributed by atoms with van der Waals surface area (Å²) < 4.78 is 0. The first-order valence-electron chi connectivity index (χ1n) is 3.88. The second-order valence-corrected chi connectivity index (χ2v) is 2.99. The molecule has 0 aliphatic heterocycles. The summed E-state index contributed by atoms with van der Waals surface area (Å²) >= 11 is 0. The van der Waals surface area contributed by atoms with Gasteiger partial charge >= 0.3 is 0 Å². The number of hydrogen-bond acceptors (Lipinski definition) is 2. The van der Waals surface area contributed by atoms with Crippen molar-refractivity contribution in [3.05, 3.63) is 12.7 Å². The van der Waals surface area contributed by atoms with Crippen molar-refractivity contribution in [2.75, 3.05) is 0 Å². The molecule has 0 bridgehead atoms. The van der Waals surface area contributed by atoms with Crippen LogP contribution >= 0.6 is 0 Å². The standard InChI is InChI=1S/C9H12O2/c1-2-7-3-4-8(10)6-9(11)5-7/h2,7H,1,3-6H2. The predicted octanol–water partition coefficient (Wildman–Crippen LogP) is 1.50. The lowest BCUT2D eigenvalue weighted by Gasteiger charge is -2.03. The molecule has 1 fully saturated rings. The average Bonchev–Trinajstić information content (AvgIpc) is 2.11. The van der Waals surface area contributed by atoms with Crippen molar-refractivity contribution in [1.29, 1.82) is 0 Å². The van der Waals surface area contributed by atoms with Crippen molar-refractivity contribution in [3.63, 3.8) is 0 Å². The summed E-state index contributed by atoms with van der Waals surface area (Å²) in [5.41, 5.74) is 0. The van der Waals surface area contributed by atoms with Gasteiger partial charge in [0.1, 0.15) is 11.6 Å². The van der Waals surface area contributed by atoms with E-state index in [0.29, 0.717) is 12.8 Å². The van der Waals surface area contributed by atoms with E-state index >= 15 is 0 Å². The molecule has 1 aliphatic carbocycles. The zero-order chi connectivity index (χ0) is 8.27. The summed E-state index contributed by atoms with van der Waals surface area (Å²) in [6.45, 7) is 3.62. The van der Waals surface area contributed by atoms with Crippen molar-refractivity contribution in [3.8, 4) is 0 Å². The Morgan fingerprint density at radius 3 is 2.73 bits per heavy atom. The Kier molecular flexibility index (Phi) is 2.58. The van der Waals surface area contributed by atoms with Crippen LogP contribution in [-0.2, 0) is 9.59 Å². The van der Waals surface area contributed by atoms with Gasteiger partial charge in [0.2, 0.25) is 0 Å². The Labute approximate surface area is 66.3 Å². The maximum Gasteiger partial charge on any atom is 0.140 e. The molecular formula is C9H12O2. The van der Waals surface area contributed by atoms with Crippen LogP contribution in [0.4, 0.5) is 0 Å². The maximum absolute atomic E-state index is 11.0. The van der Waals surface area contributed by atoms with Crippen LogP contribution in [0.3, 0.4) is 0 Å². The van der Waals surface area contributed by atoms with Gasteiger partial charge in [-0.3, -0.25) is 9.59 Å². The lowest BCUT2D eigenvalue weighted by atomic mass is 10.0. The molecule has 1 rings (SSSR count). The quantitative estimate of drug-likeness (QED) is 0.324. The highest BCUT2D eigenvalue weighted by Gasteiger charge is 2.19. The van der Waals surface area contributed by atoms with Crippen LogP contribution in [-0.4, -0.2) is 11.6 Å². The third kappa shape index (κ3) is 2.30. The molecule has 0 aromatic rings. The van der Waals surface area contributed by atoms with E-state index in [0.717, 1.165) is 6.42 Å².